The van der Waals surface area contributed by atoms with Crippen LogP contribution < -0.4 is 5.73 Å². The van der Waals surface area contributed by atoms with Crippen LogP contribution in [0.5, 0.6) is 0 Å². The number of nitrogen functional groups attached to an aromatic ring is 1. The van der Waals surface area contributed by atoms with Crippen LogP contribution in [0.2, 0.25) is 5.02 Å². The minimum Gasteiger partial charge on any atom is -0.399 e. The van der Waals surface area contributed by atoms with Crippen molar-refractivity contribution >= 4 is 29.1 Å². The summed E-state index contributed by atoms with van der Waals surface area (Å²) in [6.07, 6.45) is 7.83. The van der Waals surface area contributed by atoms with Gasteiger partial charge in [0.2, 0.25) is 0 Å². The van der Waals surface area contributed by atoms with Crippen molar-refractivity contribution in [3.05, 3.63) is 77.3 Å². The smallest absolute Gasteiger partial charge is 0.0946 e. The molecule has 2 aromatic carbocycles. The predicted octanol–water partition coefficient (Wildman–Crippen LogP) is 5.22. The number of aryl methyl sites for hydroxylation is 2. The minimum absolute atomic E-state index is 0.452. The van der Waals surface area contributed by atoms with Gasteiger partial charge >= 0.3 is 0 Å². The Hall–Kier alpha value is -1.91. The Bertz CT molecular complexity index is 800. The second-order valence-electron chi connectivity index (χ2n) is 6.18. The summed E-state index contributed by atoms with van der Waals surface area (Å²) in [7, 11) is 0. The molecule has 25 heavy (non-hydrogen) atoms. The molecule has 2 N–H and O–H groups in total. The molecule has 1 heterocycles. The van der Waals surface area contributed by atoms with Crippen LogP contribution >= 0.6 is 23.4 Å². The first-order valence-corrected chi connectivity index (χ1v) is 9.59. The Labute approximate surface area is 158 Å². The van der Waals surface area contributed by atoms with Gasteiger partial charge in [0.25, 0.3) is 0 Å². The summed E-state index contributed by atoms with van der Waals surface area (Å²) in [6.45, 7) is 2.99. The molecule has 0 radical (unpaired) electrons. The fourth-order valence-electron chi connectivity index (χ4n) is 2.71. The van der Waals surface area contributed by atoms with Gasteiger partial charge in [-0.1, -0.05) is 23.7 Å². The second kappa shape index (κ2) is 8.45. The van der Waals surface area contributed by atoms with E-state index in [1.807, 2.05) is 48.7 Å². The number of rotatable bonds is 7. The summed E-state index contributed by atoms with van der Waals surface area (Å²) in [5.41, 5.74) is 9.23. The molecule has 1 unspecified atom stereocenters. The first-order chi connectivity index (χ1) is 12.1. The standard InChI is InChI=1S/C20H22ClN3S/c1-15-12-18(8-9-20(15)22)25-19(13-24-11-10-23-14-24)7-4-16-2-5-17(21)6-3-16/h2-3,5-6,8-12,14,19H,4,7,13,22H2,1H3. The van der Waals surface area contributed by atoms with E-state index in [9.17, 15) is 0 Å². The van der Waals surface area contributed by atoms with Gasteiger partial charge in [0, 0.05) is 39.8 Å². The molecular weight excluding hydrogens is 350 g/mol. The van der Waals surface area contributed by atoms with Gasteiger partial charge in [-0.05, 0) is 61.2 Å². The van der Waals surface area contributed by atoms with Crippen LogP contribution in [0.15, 0.2) is 66.1 Å². The van der Waals surface area contributed by atoms with Gasteiger partial charge < -0.3 is 10.3 Å². The zero-order chi connectivity index (χ0) is 17.6. The lowest BCUT2D eigenvalue weighted by molar-refractivity contribution is 0.624. The minimum atomic E-state index is 0.452. The maximum Gasteiger partial charge on any atom is 0.0946 e. The number of hydrogen-bond acceptors (Lipinski definition) is 3. The van der Waals surface area contributed by atoms with E-state index in [0.29, 0.717) is 5.25 Å². The Kier molecular flexibility index (Phi) is 6.05. The van der Waals surface area contributed by atoms with Crippen LogP contribution in [-0.4, -0.2) is 14.8 Å². The number of nitrogens with two attached hydrogens (primary N) is 1. The third-order valence-electron chi connectivity index (χ3n) is 4.19. The lowest BCUT2D eigenvalue weighted by atomic mass is 10.1. The van der Waals surface area contributed by atoms with E-state index in [4.69, 9.17) is 17.3 Å². The molecule has 130 valence electrons. The summed E-state index contributed by atoms with van der Waals surface area (Å²) in [5.74, 6) is 0. The fourth-order valence-corrected chi connectivity index (χ4v) is 4.09. The monoisotopic (exact) mass is 371 g/mol. The SMILES string of the molecule is Cc1cc(SC(CCc2ccc(Cl)cc2)Cn2ccnc2)ccc1N. The van der Waals surface area contributed by atoms with Gasteiger partial charge in [0.1, 0.15) is 0 Å². The van der Waals surface area contributed by atoms with E-state index in [0.717, 1.165) is 35.7 Å². The molecule has 3 nitrogen and oxygen atoms in total. The molecule has 0 saturated heterocycles. The number of anilines is 1. The fraction of sp³-hybridized carbons (Fsp3) is 0.250. The number of halogens is 1. The zero-order valence-corrected chi connectivity index (χ0v) is 15.8. The molecule has 1 atom stereocenters. The van der Waals surface area contributed by atoms with E-state index in [1.165, 1.54) is 10.5 Å². The molecule has 5 heteroatoms. The first-order valence-electron chi connectivity index (χ1n) is 8.33. The molecule has 1 aromatic heterocycles. The average Bonchev–Trinajstić information content (AvgIpc) is 3.10. The number of thioether (sulfide) groups is 1. The van der Waals surface area contributed by atoms with Crippen molar-refractivity contribution in [2.24, 2.45) is 0 Å². The Balaban J connectivity index is 1.69. The zero-order valence-electron chi connectivity index (χ0n) is 14.2. The van der Waals surface area contributed by atoms with Crippen LogP contribution in [0.25, 0.3) is 0 Å². The quantitative estimate of drug-likeness (QED) is 0.457. The molecule has 3 aromatic rings. The molecule has 0 fully saturated rings. The summed E-state index contributed by atoms with van der Waals surface area (Å²) >= 11 is 7.88. The van der Waals surface area contributed by atoms with Crippen molar-refractivity contribution in [1.82, 2.24) is 9.55 Å². The van der Waals surface area contributed by atoms with Crippen LogP contribution in [0, 0.1) is 6.92 Å². The largest absolute Gasteiger partial charge is 0.399 e. The van der Waals surface area contributed by atoms with Gasteiger partial charge in [-0.15, -0.1) is 11.8 Å². The van der Waals surface area contributed by atoms with Crippen molar-refractivity contribution in [2.45, 2.75) is 36.5 Å². The van der Waals surface area contributed by atoms with Gasteiger partial charge in [0.15, 0.2) is 0 Å². The maximum atomic E-state index is 5.98. The molecule has 0 aliphatic rings. The third-order valence-corrected chi connectivity index (χ3v) is 5.68. The first kappa shape index (κ1) is 17.9. The van der Waals surface area contributed by atoms with Gasteiger partial charge in [-0.2, -0.15) is 0 Å². The number of aromatic nitrogens is 2. The average molecular weight is 372 g/mol. The molecule has 0 aliphatic carbocycles. The summed E-state index contributed by atoms with van der Waals surface area (Å²) < 4.78 is 2.14. The van der Waals surface area contributed by atoms with E-state index in [1.54, 1.807) is 0 Å². The lowest BCUT2D eigenvalue weighted by Gasteiger charge is -2.18. The Morgan fingerprint density at radius 1 is 1.20 bits per heavy atom. The number of imidazole rings is 1. The molecule has 3 rings (SSSR count). The van der Waals surface area contributed by atoms with Crippen LogP contribution in [0.3, 0.4) is 0 Å². The highest BCUT2D eigenvalue weighted by Crippen LogP contribution is 2.30. The highest BCUT2D eigenvalue weighted by atomic mass is 35.5. The van der Waals surface area contributed by atoms with Crippen molar-refractivity contribution in [1.29, 1.82) is 0 Å². The Morgan fingerprint density at radius 3 is 2.68 bits per heavy atom. The molecule has 0 saturated carbocycles. The van der Waals surface area contributed by atoms with Crippen LogP contribution in [0.1, 0.15) is 17.5 Å². The highest BCUT2D eigenvalue weighted by molar-refractivity contribution is 8.00. The van der Waals surface area contributed by atoms with Gasteiger partial charge in [-0.25, -0.2) is 4.98 Å². The molecule has 0 spiro atoms. The van der Waals surface area contributed by atoms with E-state index >= 15 is 0 Å². The van der Waals surface area contributed by atoms with Crippen molar-refractivity contribution in [3.8, 4) is 0 Å². The lowest BCUT2D eigenvalue weighted by Crippen LogP contribution is -2.13. The van der Waals surface area contributed by atoms with Crippen molar-refractivity contribution in [2.75, 3.05) is 5.73 Å². The van der Waals surface area contributed by atoms with Crippen LogP contribution in [-0.2, 0) is 13.0 Å². The summed E-state index contributed by atoms with van der Waals surface area (Å²) in [5, 5.41) is 1.23. The summed E-state index contributed by atoms with van der Waals surface area (Å²) in [6, 6.07) is 14.4. The number of hydrogen-bond donors (Lipinski definition) is 1. The number of benzene rings is 2. The van der Waals surface area contributed by atoms with Crippen molar-refractivity contribution < 1.29 is 0 Å². The third kappa shape index (κ3) is 5.28. The molecule has 0 amide bonds. The molecule has 0 aliphatic heterocycles. The van der Waals surface area contributed by atoms with E-state index in [-0.39, 0.29) is 0 Å². The highest BCUT2D eigenvalue weighted by Gasteiger charge is 2.13. The number of nitrogens with zero attached hydrogens (tertiary/aromatic N) is 2. The van der Waals surface area contributed by atoms with E-state index in [2.05, 4.69) is 40.7 Å². The Morgan fingerprint density at radius 2 is 2.00 bits per heavy atom. The van der Waals surface area contributed by atoms with Gasteiger partial charge in [-0.3, -0.25) is 0 Å². The maximum absolute atomic E-state index is 5.98. The summed E-state index contributed by atoms with van der Waals surface area (Å²) in [4.78, 5) is 5.42. The van der Waals surface area contributed by atoms with E-state index < -0.39 is 0 Å². The van der Waals surface area contributed by atoms with Crippen molar-refractivity contribution in [3.63, 3.8) is 0 Å². The molecule has 0 bridgehead atoms. The predicted molar refractivity (Wildman–Crippen MR) is 107 cm³/mol. The van der Waals surface area contributed by atoms with Crippen LogP contribution in [0.4, 0.5) is 5.69 Å². The van der Waals surface area contributed by atoms with Gasteiger partial charge in [0.05, 0.1) is 6.33 Å². The molecular formula is C20H22ClN3S. The normalized spacial score (nSPS) is 12.2. The topological polar surface area (TPSA) is 43.8 Å². The second-order valence-corrected chi connectivity index (χ2v) is 7.99.